The third kappa shape index (κ3) is 2.90. The van der Waals surface area contributed by atoms with Crippen molar-refractivity contribution in [2.45, 2.75) is 51.4 Å². The minimum Gasteiger partial charge on any atom is -0.282 e. The topological polar surface area (TPSA) is 37.4 Å². The van der Waals surface area contributed by atoms with Crippen molar-refractivity contribution in [2.24, 2.45) is 5.41 Å². The van der Waals surface area contributed by atoms with E-state index in [1.807, 2.05) is 0 Å². The molecule has 0 aromatic heterocycles. The van der Waals surface area contributed by atoms with Crippen molar-refractivity contribution >= 4 is 27.7 Å². The lowest BCUT2D eigenvalue weighted by Crippen LogP contribution is -2.41. The zero-order chi connectivity index (χ0) is 12.3. The molecule has 0 bridgehead atoms. The standard InChI is InChI=1S/C13H20BrNO2/c14-9-13(7-3-1-2-4-8-13)10-15-11(16)5-6-12(15)17/h1-10H2. The first-order valence-electron chi connectivity index (χ1n) is 6.56. The fourth-order valence-corrected chi connectivity index (χ4v) is 3.69. The Bertz CT molecular complexity index is 293. The lowest BCUT2D eigenvalue weighted by molar-refractivity contribution is -0.140. The van der Waals surface area contributed by atoms with Gasteiger partial charge in [-0.25, -0.2) is 0 Å². The van der Waals surface area contributed by atoms with Crippen molar-refractivity contribution < 1.29 is 9.59 Å². The van der Waals surface area contributed by atoms with Gasteiger partial charge in [0.2, 0.25) is 11.8 Å². The molecule has 0 aromatic carbocycles. The molecular formula is C13H20BrNO2. The second kappa shape index (κ2) is 5.51. The summed E-state index contributed by atoms with van der Waals surface area (Å²) in [5.41, 5.74) is 0.131. The first kappa shape index (κ1) is 13.1. The Labute approximate surface area is 111 Å². The predicted molar refractivity (Wildman–Crippen MR) is 69.9 cm³/mol. The average Bonchev–Trinajstić information content (AvgIpc) is 2.58. The predicted octanol–water partition coefficient (Wildman–Crippen LogP) is 2.87. The number of likely N-dealkylation sites (tertiary alicyclic amines) is 1. The minimum atomic E-state index is 0.0274. The maximum atomic E-state index is 11.7. The van der Waals surface area contributed by atoms with Gasteiger partial charge in [-0.3, -0.25) is 14.5 Å². The van der Waals surface area contributed by atoms with Gasteiger partial charge >= 0.3 is 0 Å². The van der Waals surface area contributed by atoms with Crippen LogP contribution < -0.4 is 0 Å². The molecule has 1 saturated carbocycles. The number of carbonyl (C=O) groups excluding carboxylic acids is 2. The zero-order valence-corrected chi connectivity index (χ0v) is 11.8. The monoisotopic (exact) mass is 301 g/mol. The number of hydrogen-bond donors (Lipinski definition) is 0. The van der Waals surface area contributed by atoms with E-state index in [1.54, 1.807) is 0 Å². The average molecular weight is 302 g/mol. The number of alkyl halides is 1. The van der Waals surface area contributed by atoms with E-state index in [2.05, 4.69) is 15.9 Å². The summed E-state index contributed by atoms with van der Waals surface area (Å²) in [4.78, 5) is 24.9. The van der Waals surface area contributed by atoms with E-state index in [-0.39, 0.29) is 17.2 Å². The van der Waals surface area contributed by atoms with Crippen molar-refractivity contribution in [1.82, 2.24) is 4.90 Å². The largest absolute Gasteiger partial charge is 0.282 e. The summed E-state index contributed by atoms with van der Waals surface area (Å²) in [6, 6.07) is 0. The molecule has 2 amide bonds. The van der Waals surface area contributed by atoms with E-state index in [0.717, 1.165) is 18.2 Å². The summed E-state index contributed by atoms with van der Waals surface area (Å²) in [6.07, 6.45) is 8.12. The second-order valence-electron chi connectivity index (χ2n) is 5.42. The normalized spacial score (nSPS) is 25.1. The molecule has 0 radical (unpaired) electrons. The molecule has 0 atom stereocenters. The van der Waals surface area contributed by atoms with Crippen LogP contribution in [0.3, 0.4) is 0 Å². The molecule has 2 fully saturated rings. The van der Waals surface area contributed by atoms with Crippen LogP contribution in [0.25, 0.3) is 0 Å². The zero-order valence-electron chi connectivity index (χ0n) is 10.2. The van der Waals surface area contributed by atoms with Crippen LogP contribution in [0, 0.1) is 5.41 Å². The van der Waals surface area contributed by atoms with E-state index in [4.69, 9.17) is 0 Å². The molecule has 1 saturated heterocycles. The van der Waals surface area contributed by atoms with E-state index < -0.39 is 0 Å². The summed E-state index contributed by atoms with van der Waals surface area (Å²) in [7, 11) is 0. The Hall–Kier alpha value is -0.380. The van der Waals surface area contributed by atoms with E-state index in [9.17, 15) is 9.59 Å². The van der Waals surface area contributed by atoms with Crippen LogP contribution in [0.2, 0.25) is 0 Å². The summed E-state index contributed by atoms with van der Waals surface area (Å²) in [6.45, 7) is 0.635. The Morgan fingerprint density at radius 3 is 2.00 bits per heavy atom. The summed E-state index contributed by atoms with van der Waals surface area (Å²) in [5, 5.41) is 0.900. The van der Waals surface area contributed by atoms with Gasteiger partial charge in [0.1, 0.15) is 0 Å². The van der Waals surface area contributed by atoms with Crippen molar-refractivity contribution in [1.29, 1.82) is 0 Å². The smallest absolute Gasteiger partial charge is 0.229 e. The van der Waals surface area contributed by atoms with Crippen LogP contribution in [-0.4, -0.2) is 28.6 Å². The lowest BCUT2D eigenvalue weighted by Gasteiger charge is -2.34. The molecule has 1 aliphatic heterocycles. The highest BCUT2D eigenvalue weighted by Crippen LogP contribution is 2.38. The molecule has 4 heteroatoms. The molecule has 2 aliphatic rings. The Morgan fingerprint density at radius 1 is 1.00 bits per heavy atom. The molecule has 0 N–H and O–H groups in total. The Balaban J connectivity index is 2.07. The van der Waals surface area contributed by atoms with Gasteiger partial charge in [0, 0.05) is 24.7 Å². The Morgan fingerprint density at radius 2 is 1.53 bits per heavy atom. The van der Waals surface area contributed by atoms with Crippen LogP contribution >= 0.6 is 15.9 Å². The molecule has 2 rings (SSSR count). The third-order valence-electron chi connectivity index (χ3n) is 4.10. The maximum Gasteiger partial charge on any atom is 0.229 e. The highest BCUT2D eigenvalue weighted by atomic mass is 79.9. The molecule has 1 aliphatic carbocycles. The molecule has 1 heterocycles. The molecule has 0 unspecified atom stereocenters. The second-order valence-corrected chi connectivity index (χ2v) is 5.98. The van der Waals surface area contributed by atoms with Gasteiger partial charge < -0.3 is 0 Å². The van der Waals surface area contributed by atoms with Gasteiger partial charge in [-0.1, -0.05) is 41.6 Å². The molecule has 3 nitrogen and oxygen atoms in total. The molecule has 17 heavy (non-hydrogen) atoms. The number of rotatable bonds is 3. The SMILES string of the molecule is O=C1CCC(=O)N1CC1(CBr)CCCCCC1. The van der Waals surface area contributed by atoms with E-state index in [0.29, 0.717) is 19.4 Å². The maximum absolute atomic E-state index is 11.7. The van der Waals surface area contributed by atoms with Gasteiger partial charge in [-0.15, -0.1) is 0 Å². The van der Waals surface area contributed by atoms with E-state index in [1.165, 1.54) is 30.6 Å². The van der Waals surface area contributed by atoms with Crippen molar-refractivity contribution in [3.63, 3.8) is 0 Å². The van der Waals surface area contributed by atoms with Crippen LogP contribution in [0.5, 0.6) is 0 Å². The molecular weight excluding hydrogens is 282 g/mol. The first-order chi connectivity index (χ1) is 8.17. The Kier molecular flexibility index (Phi) is 4.23. The lowest BCUT2D eigenvalue weighted by atomic mass is 9.82. The van der Waals surface area contributed by atoms with Crippen molar-refractivity contribution in [2.75, 3.05) is 11.9 Å². The quantitative estimate of drug-likeness (QED) is 0.457. The van der Waals surface area contributed by atoms with Gasteiger partial charge in [-0.2, -0.15) is 0 Å². The van der Waals surface area contributed by atoms with Gasteiger partial charge in [0.15, 0.2) is 0 Å². The summed E-state index contributed by atoms with van der Waals surface area (Å²) in [5.74, 6) is 0.0548. The minimum absolute atomic E-state index is 0.0274. The molecule has 0 aromatic rings. The van der Waals surface area contributed by atoms with Crippen LogP contribution in [-0.2, 0) is 9.59 Å². The number of amides is 2. The number of hydrogen-bond acceptors (Lipinski definition) is 2. The summed E-state index contributed by atoms with van der Waals surface area (Å²) < 4.78 is 0. The number of carbonyl (C=O) groups is 2. The fraction of sp³-hybridized carbons (Fsp3) is 0.846. The first-order valence-corrected chi connectivity index (χ1v) is 7.68. The van der Waals surface area contributed by atoms with Gasteiger partial charge in [0.25, 0.3) is 0 Å². The number of imide groups is 1. The fourth-order valence-electron chi connectivity index (χ4n) is 2.95. The molecule has 96 valence electrons. The number of halogens is 1. The van der Waals surface area contributed by atoms with Crippen LogP contribution in [0.4, 0.5) is 0 Å². The van der Waals surface area contributed by atoms with Gasteiger partial charge in [0.05, 0.1) is 0 Å². The van der Waals surface area contributed by atoms with E-state index >= 15 is 0 Å². The molecule has 0 spiro atoms. The van der Waals surface area contributed by atoms with Crippen molar-refractivity contribution in [3.05, 3.63) is 0 Å². The highest BCUT2D eigenvalue weighted by Gasteiger charge is 2.38. The van der Waals surface area contributed by atoms with Crippen LogP contribution in [0.1, 0.15) is 51.4 Å². The third-order valence-corrected chi connectivity index (χ3v) is 5.29. The number of nitrogens with zero attached hydrogens (tertiary/aromatic N) is 1. The highest BCUT2D eigenvalue weighted by molar-refractivity contribution is 9.09. The van der Waals surface area contributed by atoms with Crippen LogP contribution in [0.15, 0.2) is 0 Å². The van der Waals surface area contributed by atoms with Gasteiger partial charge in [-0.05, 0) is 18.3 Å². The summed E-state index contributed by atoms with van der Waals surface area (Å²) >= 11 is 3.60. The van der Waals surface area contributed by atoms with Crippen molar-refractivity contribution in [3.8, 4) is 0 Å².